The van der Waals surface area contributed by atoms with Crippen molar-refractivity contribution in [2.24, 2.45) is 0 Å². The second-order valence-corrected chi connectivity index (χ2v) is 5.63. The topological polar surface area (TPSA) is 35.2 Å². The second-order valence-electron chi connectivity index (χ2n) is 3.67. The average molecular weight is 324 g/mol. The minimum absolute atomic E-state index is 0.654. The molecule has 0 unspecified atom stereocenters. The maximum Gasteiger partial charge on any atom is 0.135 e. The van der Waals surface area contributed by atoms with E-state index in [9.17, 15) is 0 Å². The second kappa shape index (κ2) is 6.71. The molecule has 0 atom stereocenters. The van der Waals surface area contributed by atoms with E-state index in [1.807, 2.05) is 36.4 Å². The first-order valence-electron chi connectivity index (χ1n) is 5.62. The molecule has 2 aromatic rings. The summed E-state index contributed by atoms with van der Waals surface area (Å²) in [4.78, 5) is 1.26. The Kier molecular flexibility index (Phi) is 4.96. The van der Waals surface area contributed by atoms with E-state index in [2.05, 4.69) is 28.1 Å². The van der Waals surface area contributed by atoms with Crippen molar-refractivity contribution >= 4 is 33.4 Å². The molecular weight excluding hydrogens is 310 g/mol. The highest BCUT2D eigenvalue weighted by atomic mass is 79.9. The zero-order chi connectivity index (χ0) is 12.8. The molecule has 2 N–H and O–H groups in total. The number of halogens is 1. The van der Waals surface area contributed by atoms with Gasteiger partial charge in [0.2, 0.25) is 0 Å². The molecule has 0 amide bonds. The van der Waals surface area contributed by atoms with Crippen molar-refractivity contribution < 1.29 is 4.74 Å². The van der Waals surface area contributed by atoms with Gasteiger partial charge in [0.1, 0.15) is 5.75 Å². The molecule has 94 valence electrons. The number of nitrogens with two attached hydrogens (primary N) is 1. The van der Waals surface area contributed by atoms with Crippen molar-refractivity contribution in [1.82, 2.24) is 0 Å². The van der Waals surface area contributed by atoms with E-state index in [-0.39, 0.29) is 0 Å². The zero-order valence-electron chi connectivity index (χ0n) is 9.80. The lowest BCUT2D eigenvalue weighted by atomic mass is 10.3. The van der Waals surface area contributed by atoms with Crippen molar-refractivity contribution in [3.05, 3.63) is 53.0 Å². The minimum Gasteiger partial charge on any atom is -0.491 e. The molecule has 4 heteroatoms. The molecule has 0 spiro atoms. The standard InChI is InChI=1S/C14H14BrNOS/c15-14-12(16)7-4-8-13(14)17-9-10-18-11-5-2-1-3-6-11/h1-8H,9-10,16H2. The van der Waals surface area contributed by atoms with Crippen LogP contribution < -0.4 is 10.5 Å². The van der Waals surface area contributed by atoms with Gasteiger partial charge in [-0.2, -0.15) is 0 Å². The van der Waals surface area contributed by atoms with E-state index in [1.165, 1.54) is 4.90 Å². The third-order valence-corrected chi connectivity index (χ3v) is 4.17. The Labute approximate surface area is 120 Å². The van der Waals surface area contributed by atoms with Gasteiger partial charge in [0.05, 0.1) is 11.1 Å². The first-order valence-corrected chi connectivity index (χ1v) is 7.40. The molecule has 0 aliphatic rings. The number of ether oxygens (including phenoxy) is 1. The minimum atomic E-state index is 0.654. The summed E-state index contributed by atoms with van der Waals surface area (Å²) in [5, 5.41) is 0. The average Bonchev–Trinajstić information content (AvgIpc) is 2.40. The number of benzene rings is 2. The Bertz CT molecular complexity index is 504. The Hall–Kier alpha value is -1.13. The van der Waals surface area contributed by atoms with Crippen molar-refractivity contribution in [2.45, 2.75) is 4.90 Å². The molecule has 0 bridgehead atoms. The van der Waals surface area contributed by atoms with Gasteiger partial charge in [-0.05, 0) is 40.2 Å². The van der Waals surface area contributed by atoms with Gasteiger partial charge in [0, 0.05) is 16.3 Å². The molecule has 0 aliphatic carbocycles. The number of rotatable bonds is 5. The maximum atomic E-state index is 5.78. The summed E-state index contributed by atoms with van der Waals surface area (Å²) in [6, 6.07) is 15.9. The van der Waals surface area contributed by atoms with E-state index >= 15 is 0 Å². The third-order valence-electron chi connectivity index (χ3n) is 2.35. The molecule has 0 radical (unpaired) electrons. The lowest BCUT2D eigenvalue weighted by Gasteiger charge is -2.09. The lowest BCUT2D eigenvalue weighted by Crippen LogP contribution is -2.01. The summed E-state index contributed by atoms with van der Waals surface area (Å²) in [6.07, 6.45) is 0. The van der Waals surface area contributed by atoms with Gasteiger partial charge >= 0.3 is 0 Å². The molecule has 0 saturated carbocycles. The molecule has 0 aromatic heterocycles. The largest absolute Gasteiger partial charge is 0.491 e. The predicted octanol–water partition coefficient (Wildman–Crippen LogP) is 4.20. The molecule has 0 heterocycles. The first-order chi connectivity index (χ1) is 8.77. The summed E-state index contributed by atoms with van der Waals surface area (Å²) < 4.78 is 6.52. The highest BCUT2D eigenvalue weighted by Gasteiger charge is 2.03. The van der Waals surface area contributed by atoms with Crippen LogP contribution in [0, 0.1) is 0 Å². The normalized spacial score (nSPS) is 10.3. The molecule has 18 heavy (non-hydrogen) atoms. The highest BCUT2D eigenvalue weighted by Crippen LogP contribution is 2.30. The fraction of sp³-hybridized carbons (Fsp3) is 0.143. The predicted molar refractivity (Wildman–Crippen MR) is 81.2 cm³/mol. The van der Waals surface area contributed by atoms with E-state index in [4.69, 9.17) is 10.5 Å². The van der Waals surface area contributed by atoms with Crippen LogP contribution in [0.1, 0.15) is 0 Å². The fourth-order valence-electron chi connectivity index (χ4n) is 1.47. The first kappa shape index (κ1) is 13.3. The van der Waals surface area contributed by atoms with E-state index in [1.54, 1.807) is 11.8 Å². The number of hydrogen-bond donors (Lipinski definition) is 1. The van der Waals surface area contributed by atoms with Gasteiger partial charge in [-0.3, -0.25) is 0 Å². The number of anilines is 1. The highest BCUT2D eigenvalue weighted by molar-refractivity contribution is 9.10. The van der Waals surface area contributed by atoms with Gasteiger partial charge in [-0.1, -0.05) is 24.3 Å². The van der Waals surface area contributed by atoms with Crippen LogP contribution >= 0.6 is 27.7 Å². The molecule has 2 nitrogen and oxygen atoms in total. The van der Waals surface area contributed by atoms with Crippen LogP contribution in [0.15, 0.2) is 57.9 Å². The van der Waals surface area contributed by atoms with Gasteiger partial charge in [0.15, 0.2) is 0 Å². The quantitative estimate of drug-likeness (QED) is 0.508. The number of hydrogen-bond acceptors (Lipinski definition) is 3. The van der Waals surface area contributed by atoms with E-state index in [0.717, 1.165) is 16.0 Å². The van der Waals surface area contributed by atoms with Gasteiger partial charge < -0.3 is 10.5 Å². The summed E-state index contributed by atoms with van der Waals surface area (Å²) in [6.45, 7) is 0.654. The molecule has 2 aromatic carbocycles. The molecular formula is C14H14BrNOS. The van der Waals surface area contributed by atoms with Crippen LogP contribution in [-0.4, -0.2) is 12.4 Å². The van der Waals surface area contributed by atoms with Crippen LogP contribution in [0.3, 0.4) is 0 Å². The Morgan fingerprint density at radius 1 is 1.06 bits per heavy atom. The van der Waals surface area contributed by atoms with Crippen molar-refractivity contribution in [1.29, 1.82) is 0 Å². The third kappa shape index (κ3) is 3.68. The van der Waals surface area contributed by atoms with E-state index in [0.29, 0.717) is 12.3 Å². The summed E-state index contributed by atoms with van der Waals surface area (Å²) in [7, 11) is 0. The van der Waals surface area contributed by atoms with Crippen LogP contribution in [-0.2, 0) is 0 Å². The van der Waals surface area contributed by atoms with Gasteiger partial charge in [-0.25, -0.2) is 0 Å². The number of nitrogen functional groups attached to an aromatic ring is 1. The van der Waals surface area contributed by atoms with E-state index < -0.39 is 0 Å². The van der Waals surface area contributed by atoms with Crippen LogP contribution in [0.5, 0.6) is 5.75 Å². The Balaban J connectivity index is 1.81. The zero-order valence-corrected chi connectivity index (χ0v) is 12.2. The molecule has 0 saturated heterocycles. The SMILES string of the molecule is Nc1cccc(OCCSc2ccccc2)c1Br. The Morgan fingerprint density at radius 2 is 1.83 bits per heavy atom. The fourth-order valence-corrected chi connectivity index (χ4v) is 2.60. The molecule has 2 rings (SSSR count). The van der Waals surface area contributed by atoms with Crippen molar-refractivity contribution in [3.63, 3.8) is 0 Å². The van der Waals surface area contributed by atoms with Crippen LogP contribution in [0.2, 0.25) is 0 Å². The van der Waals surface area contributed by atoms with Crippen molar-refractivity contribution in [2.75, 3.05) is 18.1 Å². The monoisotopic (exact) mass is 323 g/mol. The van der Waals surface area contributed by atoms with Crippen LogP contribution in [0.25, 0.3) is 0 Å². The van der Waals surface area contributed by atoms with Gasteiger partial charge in [0.25, 0.3) is 0 Å². The Morgan fingerprint density at radius 3 is 2.61 bits per heavy atom. The smallest absolute Gasteiger partial charge is 0.135 e. The molecule has 0 fully saturated rings. The van der Waals surface area contributed by atoms with Crippen LogP contribution in [0.4, 0.5) is 5.69 Å². The summed E-state index contributed by atoms with van der Waals surface area (Å²) in [5.74, 6) is 1.70. The lowest BCUT2D eigenvalue weighted by molar-refractivity contribution is 0.342. The maximum absolute atomic E-state index is 5.78. The molecule has 0 aliphatic heterocycles. The number of thioether (sulfide) groups is 1. The van der Waals surface area contributed by atoms with Gasteiger partial charge in [-0.15, -0.1) is 11.8 Å². The van der Waals surface area contributed by atoms with Crippen molar-refractivity contribution in [3.8, 4) is 5.75 Å². The summed E-state index contributed by atoms with van der Waals surface area (Å²) in [5.41, 5.74) is 6.48. The summed E-state index contributed by atoms with van der Waals surface area (Å²) >= 11 is 5.20.